The van der Waals surface area contributed by atoms with E-state index in [1.54, 1.807) is 16.8 Å². The summed E-state index contributed by atoms with van der Waals surface area (Å²) in [6, 6.07) is 9.76. The van der Waals surface area contributed by atoms with E-state index in [4.69, 9.17) is 4.42 Å². The van der Waals surface area contributed by atoms with Gasteiger partial charge in [0.25, 0.3) is 0 Å². The molecular formula is C16H15N3O2. The molecule has 1 unspecified atom stereocenters. The lowest BCUT2D eigenvalue weighted by Crippen LogP contribution is -2.15. The topological polar surface area (TPSA) is 60.1 Å². The van der Waals surface area contributed by atoms with E-state index in [-0.39, 0.29) is 5.76 Å². The molecule has 106 valence electrons. The second kappa shape index (κ2) is 4.86. The number of fused-ring (bicyclic) bond motifs is 1. The zero-order chi connectivity index (χ0) is 14.2. The second-order valence-electron chi connectivity index (χ2n) is 5.30. The van der Waals surface area contributed by atoms with E-state index in [0.29, 0.717) is 11.6 Å². The van der Waals surface area contributed by atoms with Crippen LogP contribution in [0.2, 0.25) is 0 Å². The Morgan fingerprint density at radius 3 is 3.05 bits per heavy atom. The molecule has 1 aliphatic heterocycles. The predicted molar refractivity (Wildman–Crippen MR) is 79.6 cm³/mol. The highest BCUT2D eigenvalue weighted by Gasteiger charge is 2.18. The Morgan fingerprint density at radius 2 is 2.19 bits per heavy atom. The van der Waals surface area contributed by atoms with Gasteiger partial charge in [-0.3, -0.25) is 4.98 Å². The van der Waals surface area contributed by atoms with E-state index < -0.39 is 0 Å². The molecule has 0 radical (unpaired) electrons. The highest BCUT2D eigenvalue weighted by Crippen LogP contribution is 2.24. The Kier molecular flexibility index (Phi) is 2.86. The van der Waals surface area contributed by atoms with Crippen molar-refractivity contribution in [1.29, 1.82) is 0 Å². The van der Waals surface area contributed by atoms with Crippen molar-refractivity contribution in [2.75, 3.05) is 6.54 Å². The van der Waals surface area contributed by atoms with Gasteiger partial charge in [-0.1, -0.05) is 12.1 Å². The van der Waals surface area contributed by atoms with Crippen molar-refractivity contribution in [2.24, 2.45) is 0 Å². The van der Waals surface area contributed by atoms with Gasteiger partial charge >= 0.3 is 5.76 Å². The van der Waals surface area contributed by atoms with Gasteiger partial charge in [-0.25, -0.2) is 9.36 Å². The van der Waals surface area contributed by atoms with Crippen LogP contribution in [0, 0.1) is 0 Å². The normalized spacial score (nSPS) is 18.4. The third kappa shape index (κ3) is 2.06. The second-order valence-corrected chi connectivity index (χ2v) is 5.30. The molecule has 0 aliphatic carbocycles. The quantitative estimate of drug-likeness (QED) is 0.783. The maximum absolute atomic E-state index is 12.1. The molecule has 0 bridgehead atoms. The van der Waals surface area contributed by atoms with Gasteiger partial charge in [-0.05, 0) is 43.1 Å². The summed E-state index contributed by atoms with van der Waals surface area (Å²) < 4.78 is 6.85. The average molecular weight is 281 g/mol. The molecule has 0 amide bonds. The summed E-state index contributed by atoms with van der Waals surface area (Å²) in [5.41, 5.74) is 3.21. The number of benzene rings is 1. The molecule has 3 aromatic rings. The minimum absolute atomic E-state index is 0.325. The molecule has 0 saturated carbocycles. The van der Waals surface area contributed by atoms with Crippen LogP contribution in [0.4, 0.5) is 0 Å². The number of pyridine rings is 1. The number of aromatic nitrogens is 2. The van der Waals surface area contributed by atoms with Crippen LogP contribution in [0.1, 0.15) is 24.4 Å². The van der Waals surface area contributed by atoms with Crippen LogP contribution in [0.3, 0.4) is 0 Å². The summed E-state index contributed by atoms with van der Waals surface area (Å²) in [7, 11) is 0. The molecule has 2 aromatic heterocycles. The van der Waals surface area contributed by atoms with Gasteiger partial charge in [0, 0.05) is 12.2 Å². The van der Waals surface area contributed by atoms with E-state index in [1.165, 1.54) is 6.42 Å². The molecule has 1 N–H and O–H groups in total. The van der Waals surface area contributed by atoms with Gasteiger partial charge in [0.1, 0.15) is 0 Å². The molecule has 1 fully saturated rings. The molecule has 3 heterocycles. The fourth-order valence-electron chi connectivity index (χ4n) is 2.94. The van der Waals surface area contributed by atoms with E-state index >= 15 is 0 Å². The van der Waals surface area contributed by atoms with Gasteiger partial charge in [0.05, 0.1) is 17.4 Å². The Hall–Kier alpha value is -2.40. The average Bonchev–Trinajstić information content (AvgIpc) is 3.14. The lowest BCUT2D eigenvalue weighted by atomic mass is 10.1. The zero-order valence-electron chi connectivity index (χ0n) is 11.5. The summed E-state index contributed by atoms with van der Waals surface area (Å²) >= 11 is 0. The molecule has 1 aliphatic rings. The van der Waals surface area contributed by atoms with Gasteiger partial charge in [-0.15, -0.1) is 0 Å². The minimum atomic E-state index is -0.380. The summed E-state index contributed by atoms with van der Waals surface area (Å²) in [5, 5.41) is 3.45. The fraction of sp³-hybridized carbons (Fsp3) is 0.250. The minimum Gasteiger partial charge on any atom is -0.407 e. The monoisotopic (exact) mass is 281 g/mol. The summed E-state index contributed by atoms with van der Waals surface area (Å²) in [5.74, 6) is -0.380. The van der Waals surface area contributed by atoms with E-state index in [0.717, 1.165) is 29.7 Å². The standard InChI is InChI=1S/C16H15N3O2/c20-16-19(14-5-1-2-6-15(14)21-16)12-8-11(9-17-10-12)13-4-3-7-18-13/h1-2,5-6,8-10,13,18H,3-4,7H2. The third-order valence-corrected chi connectivity index (χ3v) is 3.95. The van der Waals surface area contributed by atoms with E-state index in [1.807, 2.05) is 30.5 Å². The first-order chi connectivity index (χ1) is 10.3. The predicted octanol–water partition coefficient (Wildman–Crippen LogP) is 2.40. The SMILES string of the molecule is O=c1oc2ccccc2n1-c1cncc(C2CCCN2)c1. The molecule has 0 spiro atoms. The smallest absolute Gasteiger partial charge is 0.407 e. The van der Waals surface area contributed by atoms with Crippen molar-refractivity contribution >= 4 is 11.1 Å². The van der Waals surface area contributed by atoms with Crippen molar-refractivity contribution in [1.82, 2.24) is 14.9 Å². The van der Waals surface area contributed by atoms with Crippen LogP contribution in [0.15, 0.2) is 51.9 Å². The number of nitrogens with one attached hydrogen (secondary N) is 1. The number of hydrogen-bond acceptors (Lipinski definition) is 4. The Labute approximate surface area is 121 Å². The zero-order valence-corrected chi connectivity index (χ0v) is 11.5. The number of rotatable bonds is 2. The molecule has 1 aromatic carbocycles. The first kappa shape index (κ1) is 12.3. The van der Waals surface area contributed by atoms with E-state index in [9.17, 15) is 4.79 Å². The summed E-state index contributed by atoms with van der Waals surface area (Å²) in [6.45, 7) is 1.03. The van der Waals surface area contributed by atoms with Gasteiger partial charge in [0.2, 0.25) is 0 Å². The Balaban J connectivity index is 1.87. The Bertz CT molecular complexity index is 844. The molecule has 5 heteroatoms. The summed E-state index contributed by atoms with van der Waals surface area (Å²) in [4.78, 5) is 16.4. The number of hydrogen-bond donors (Lipinski definition) is 1. The maximum atomic E-state index is 12.1. The van der Waals surface area contributed by atoms with Crippen molar-refractivity contribution in [3.8, 4) is 5.69 Å². The third-order valence-electron chi connectivity index (χ3n) is 3.95. The van der Waals surface area contributed by atoms with Gasteiger partial charge < -0.3 is 9.73 Å². The molecule has 21 heavy (non-hydrogen) atoms. The number of para-hydroxylation sites is 2. The molecule has 5 nitrogen and oxygen atoms in total. The summed E-state index contributed by atoms with van der Waals surface area (Å²) in [6.07, 6.45) is 5.83. The molecule has 1 saturated heterocycles. The van der Waals surface area contributed by atoms with Crippen molar-refractivity contribution in [2.45, 2.75) is 18.9 Å². The van der Waals surface area contributed by atoms with Crippen molar-refractivity contribution in [3.63, 3.8) is 0 Å². The van der Waals surface area contributed by atoms with Gasteiger partial charge in [-0.2, -0.15) is 0 Å². The largest absolute Gasteiger partial charge is 0.424 e. The number of nitrogens with zero attached hydrogens (tertiary/aromatic N) is 2. The van der Waals surface area contributed by atoms with Crippen LogP contribution in [0.25, 0.3) is 16.8 Å². The lowest BCUT2D eigenvalue weighted by Gasteiger charge is -2.11. The molecule has 4 rings (SSSR count). The highest BCUT2D eigenvalue weighted by atomic mass is 16.4. The fourth-order valence-corrected chi connectivity index (χ4v) is 2.94. The van der Waals surface area contributed by atoms with Crippen LogP contribution in [-0.4, -0.2) is 16.1 Å². The maximum Gasteiger partial charge on any atom is 0.424 e. The van der Waals surface area contributed by atoms with Crippen molar-refractivity contribution in [3.05, 3.63) is 58.8 Å². The highest BCUT2D eigenvalue weighted by molar-refractivity contribution is 5.74. The van der Waals surface area contributed by atoms with Crippen LogP contribution < -0.4 is 11.1 Å². The van der Waals surface area contributed by atoms with Crippen LogP contribution in [0.5, 0.6) is 0 Å². The van der Waals surface area contributed by atoms with Crippen LogP contribution in [-0.2, 0) is 0 Å². The first-order valence-corrected chi connectivity index (χ1v) is 7.12. The van der Waals surface area contributed by atoms with Gasteiger partial charge in [0.15, 0.2) is 5.58 Å². The Morgan fingerprint density at radius 1 is 1.29 bits per heavy atom. The molecule has 1 atom stereocenters. The molecular weight excluding hydrogens is 266 g/mol. The number of oxazole rings is 1. The van der Waals surface area contributed by atoms with Crippen LogP contribution >= 0.6 is 0 Å². The lowest BCUT2D eigenvalue weighted by molar-refractivity contribution is 0.540. The first-order valence-electron chi connectivity index (χ1n) is 7.12. The van der Waals surface area contributed by atoms with Crippen molar-refractivity contribution < 1.29 is 4.42 Å². The van der Waals surface area contributed by atoms with E-state index in [2.05, 4.69) is 10.3 Å².